The molecular formula is C14H15N3O3. The molecule has 1 heterocycles. The highest BCUT2D eigenvalue weighted by Gasteiger charge is 2.07. The fourth-order valence-electron chi connectivity index (χ4n) is 1.63. The first-order chi connectivity index (χ1) is 9.54. The van der Waals surface area contributed by atoms with E-state index in [0.29, 0.717) is 22.8 Å². The summed E-state index contributed by atoms with van der Waals surface area (Å²) in [5.74, 6) is 0.0383. The van der Waals surface area contributed by atoms with E-state index in [1.54, 1.807) is 37.3 Å². The summed E-state index contributed by atoms with van der Waals surface area (Å²) in [5.41, 5.74) is 2.00. The van der Waals surface area contributed by atoms with Gasteiger partial charge in [-0.1, -0.05) is 17.3 Å². The number of hydrogen-bond acceptors (Lipinski definition) is 5. The van der Waals surface area contributed by atoms with Crippen molar-refractivity contribution in [1.29, 1.82) is 0 Å². The molecule has 0 bridgehead atoms. The number of nitrogens with one attached hydrogen (secondary N) is 2. The highest BCUT2D eigenvalue weighted by Crippen LogP contribution is 2.11. The second kappa shape index (κ2) is 6.01. The van der Waals surface area contributed by atoms with Gasteiger partial charge in [0.1, 0.15) is 0 Å². The lowest BCUT2D eigenvalue weighted by atomic mass is 10.1. The Morgan fingerprint density at radius 1 is 1.30 bits per heavy atom. The van der Waals surface area contributed by atoms with E-state index in [-0.39, 0.29) is 18.2 Å². The van der Waals surface area contributed by atoms with Gasteiger partial charge in [-0.2, -0.15) is 0 Å². The van der Waals surface area contributed by atoms with Crippen LogP contribution in [0, 0.1) is 6.92 Å². The largest absolute Gasteiger partial charge is 0.376 e. The van der Waals surface area contributed by atoms with Gasteiger partial charge in [0.05, 0.1) is 12.2 Å². The number of anilines is 2. The summed E-state index contributed by atoms with van der Waals surface area (Å²) in [4.78, 5) is 22.9. The molecule has 0 unspecified atom stereocenters. The fourth-order valence-corrected chi connectivity index (χ4v) is 1.63. The van der Waals surface area contributed by atoms with Gasteiger partial charge in [0, 0.05) is 17.3 Å². The quantitative estimate of drug-likeness (QED) is 0.816. The first kappa shape index (κ1) is 13.8. The molecule has 1 amide bonds. The van der Waals surface area contributed by atoms with Crippen molar-refractivity contribution in [1.82, 2.24) is 5.16 Å². The number of rotatable bonds is 5. The predicted molar refractivity (Wildman–Crippen MR) is 74.8 cm³/mol. The van der Waals surface area contributed by atoms with Crippen LogP contribution in [0.5, 0.6) is 0 Å². The van der Waals surface area contributed by atoms with Gasteiger partial charge in [-0.05, 0) is 26.0 Å². The Bertz CT molecular complexity index is 634. The van der Waals surface area contributed by atoms with Gasteiger partial charge in [-0.15, -0.1) is 0 Å². The maximum atomic E-state index is 11.7. The summed E-state index contributed by atoms with van der Waals surface area (Å²) in [6, 6.07) is 8.61. The minimum absolute atomic E-state index is 0.0183. The molecule has 0 atom stereocenters. The zero-order valence-electron chi connectivity index (χ0n) is 11.3. The van der Waals surface area contributed by atoms with Crippen molar-refractivity contribution >= 4 is 23.3 Å². The average Bonchev–Trinajstić information content (AvgIpc) is 2.82. The molecule has 0 saturated heterocycles. The van der Waals surface area contributed by atoms with E-state index >= 15 is 0 Å². The van der Waals surface area contributed by atoms with Crippen LogP contribution in [0.15, 0.2) is 34.9 Å². The Labute approximate surface area is 116 Å². The SMILES string of the molecule is CC(=O)c1cccc(NCC(=O)Nc2cc(C)no2)c1. The zero-order chi connectivity index (χ0) is 14.5. The van der Waals surface area contributed by atoms with Crippen molar-refractivity contribution in [3.63, 3.8) is 0 Å². The molecule has 0 saturated carbocycles. The van der Waals surface area contributed by atoms with E-state index in [1.165, 1.54) is 6.92 Å². The molecule has 0 spiro atoms. The Morgan fingerprint density at radius 2 is 2.10 bits per heavy atom. The predicted octanol–water partition coefficient (Wildman–Crippen LogP) is 2.24. The third kappa shape index (κ3) is 3.68. The number of ketones is 1. The number of nitrogens with zero attached hydrogens (tertiary/aromatic N) is 1. The molecule has 20 heavy (non-hydrogen) atoms. The maximum absolute atomic E-state index is 11.7. The molecule has 1 aromatic carbocycles. The molecule has 2 rings (SSSR count). The fraction of sp³-hybridized carbons (Fsp3) is 0.214. The Morgan fingerprint density at radius 3 is 2.75 bits per heavy atom. The van der Waals surface area contributed by atoms with Crippen LogP contribution in [0.1, 0.15) is 23.0 Å². The molecule has 0 radical (unpaired) electrons. The van der Waals surface area contributed by atoms with E-state index in [1.807, 2.05) is 0 Å². The first-order valence-corrected chi connectivity index (χ1v) is 6.12. The molecule has 0 aliphatic rings. The standard InChI is InChI=1S/C14H15N3O3/c1-9-6-14(20-17-9)16-13(19)8-15-12-5-3-4-11(7-12)10(2)18/h3-7,15H,8H2,1-2H3,(H,16,19). The lowest BCUT2D eigenvalue weighted by Gasteiger charge is -2.06. The summed E-state index contributed by atoms with van der Waals surface area (Å²) < 4.78 is 4.88. The number of aromatic nitrogens is 1. The van der Waals surface area contributed by atoms with E-state index in [2.05, 4.69) is 15.8 Å². The third-order valence-electron chi connectivity index (χ3n) is 2.61. The summed E-state index contributed by atoms with van der Waals surface area (Å²) in [5, 5.41) is 9.18. The molecular weight excluding hydrogens is 258 g/mol. The van der Waals surface area contributed by atoms with E-state index in [4.69, 9.17) is 4.52 Å². The normalized spacial score (nSPS) is 10.1. The summed E-state index contributed by atoms with van der Waals surface area (Å²) in [6.07, 6.45) is 0. The van der Waals surface area contributed by atoms with Crippen LogP contribution in [-0.2, 0) is 4.79 Å². The summed E-state index contributed by atoms with van der Waals surface area (Å²) in [6.45, 7) is 3.34. The number of benzene rings is 1. The second-order valence-electron chi connectivity index (χ2n) is 4.37. The molecule has 0 aliphatic carbocycles. The molecule has 0 fully saturated rings. The van der Waals surface area contributed by atoms with Crippen molar-refractivity contribution in [3.05, 3.63) is 41.6 Å². The number of amides is 1. The van der Waals surface area contributed by atoms with Crippen molar-refractivity contribution in [2.24, 2.45) is 0 Å². The highest BCUT2D eigenvalue weighted by molar-refractivity contribution is 5.95. The minimum Gasteiger partial charge on any atom is -0.376 e. The number of Topliss-reactive ketones (excluding diaryl/α,β-unsaturated/α-hetero) is 1. The minimum atomic E-state index is -0.255. The average molecular weight is 273 g/mol. The van der Waals surface area contributed by atoms with Crippen molar-refractivity contribution in [2.75, 3.05) is 17.2 Å². The smallest absolute Gasteiger partial charge is 0.246 e. The van der Waals surface area contributed by atoms with Gasteiger partial charge in [0.25, 0.3) is 0 Å². The van der Waals surface area contributed by atoms with Crippen LogP contribution in [0.3, 0.4) is 0 Å². The summed E-state index contributed by atoms with van der Waals surface area (Å²) in [7, 11) is 0. The van der Waals surface area contributed by atoms with Crippen molar-refractivity contribution in [2.45, 2.75) is 13.8 Å². The van der Waals surface area contributed by atoms with Crippen molar-refractivity contribution < 1.29 is 14.1 Å². The van der Waals surface area contributed by atoms with Crippen LogP contribution in [0.2, 0.25) is 0 Å². The zero-order valence-corrected chi connectivity index (χ0v) is 11.3. The highest BCUT2D eigenvalue weighted by atomic mass is 16.5. The van der Waals surface area contributed by atoms with E-state index in [9.17, 15) is 9.59 Å². The first-order valence-electron chi connectivity index (χ1n) is 6.12. The molecule has 6 nitrogen and oxygen atoms in total. The maximum Gasteiger partial charge on any atom is 0.246 e. The topological polar surface area (TPSA) is 84.2 Å². The van der Waals surface area contributed by atoms with Crippen LogP contribution >= 0.6 is 0 Å². The monoisotopic (exact) mass is 273 g/mol. The molecule has 2 N–H and O–H groups in total. The molecule has 0 aliphatic heterocycles. The van der Waals surface area contributed by atoms with Gasteiger partial charge in [-0.25, -0.2) is 0 Å². The number of hydrogen-bond donors (Lipinski definition) is 2. The van der Waals surface area contributed by atoms with Gasteiger partial charge in [0.15, 0.2) is 5.78 Å². The van der Waals surface area contributed by atoms with Gasteiger partial charge >= 0.3 is 0 Å². The van der Waals surface area contributed by atoms with E-state index < -0.39 is 0 Å². The van der Waals surface area contributed by atoms with Gasteiger partial charge < -0.3 is 9.84 Å². The van der Waals surface area contributed by atoms with Gasteiger partial charge in [0.2, 0.25) is 11.8 Å². The third-order valence-corrected chi connectivity index (χ3v) is 2.61. The molecule has 104 valence electrons. The number of carbonyl (C=O) groups is 2. The number of carbonyl (C=O) groups excluding carboxylic acids is 2. The van der Waals surface area contributed by atoms with E-state index in [0.717, 1.165) is 0 Å². The Balaban J connectivity index is 1.90. The van der Waals surface area contributed by atoms with Gasteiger partial charge in [-0.3, -0.25) is 14.9 Å². The van der Waals surface area contributed by atoms with Crippen LogP contribution in [-0.4, -0.2) is 23.4 Å². The lowest BCUT2D eigenvalue weighted by Crippen LogP contribution is -2.21. The molecule has 1 aromatic heterocycles. The lowest BCUT2D eigenvalue weighted by molar-refractivity contribution is -0.114. The van der Waals surface area contributed by atoms with Crippen LogP contribution in [0.25, 0.3) is 0 Å². The number of aryl methyl sites for hydroxylation is 1. The molecule has 6 heteroatoms. The Kier molecular flexibility index (Phi) is 4.14. The Hall–Kier alpha value is -2.63. The van der Waals surface area contributed by atoms with Crippen LogP contribution in [0.4, 0.5) is 11.6 Å². The second-order valence-corrected chi connectivity index (χ2v) is 4.37. The summed E-state index contributed by atoms with van der Waals surface area (Å²) >= 11 is 0. The van der Waals surface area contributed by atoms with Crippen molar-refractivity contribution in [3.8, 4) is 0 Å². The molecule has 2 aromatic rings. The van der Waals surface area contributed by atoms with Crippen LogP contribution < -0.4 is 10.6 Å².